The lowest BCUT2D eigenvalue weighted by atomic mass is 10.3. The minimum atomic E-state index is -4.79. The van der Waals surface area contributed by atoms with E-state index in [9.17, 15) is 13.2 Å². The lowest BCUT2D eigenvalue weighted by Crippen LogP contribution is -2.18. The van der Waals surface area contributed by atoms with Gasteiger partial charge in [0, 0.05) is 0 Å². The molecular weight excluding hydrogens is 295 g/mol. The third-order valence-electron chi connectivity index (χ3n) is 2.26. The van der Waals surface area contributed by atoms with Crippen molar-refractivity contribution in [2.24, 2.45) is 0 Å². The molecule has 0 bridgehead atoms. The first-order chi connectivity index (χ1) is 9.35. The summed E-state index contributed by atoms with van der Waals surface area (Å²) in [7, 11) is 0. The molecule has 0 spiro atoms. The van der Waals surface area contributed by atoms with Crippen molar-refractivity contribution in [3.8, 4) is 5.75 Å². The van der Waals surface area contributed by atoms with Gasteiger partial charge in [0.05, 0.1) is 11.4 Å². The number of nitrogen functional groups attached to an aromatic ring is 1. The molecule has 0 saturated heterocycles. The molecule has 0 aliphatic rings. The van der Waals surface area contributed by atoms with Gasteiger partial charge in [-0.25, -0.2) is 4.98 Å². The minimum Gasteiger partial charge on any atom is -0.404 e. The number of nitrogens with two attached hydrogens (primary N) is 1. The molecule has 1 aromatic heterocycles. The average molecular weight is 304 g/mol. The van der Waals surface area contributed by atoms with Gasteiger partial charge in [0.2, 0.25) is 0 Å². The molecule has 1 aromatic carbocycles. The Kier molecular flexibility index (Phi) is 3.89. The summed E-state index contributed by atoms with van der Waals surface area (Å²) < 4.78 is 40.8. The summed E-state index contributed by atoms with van der Waals surface area (Å²) in [5.41, 5.74) is 5.99. The van der Waals surface area contributed by atoms with E-state index in [-0.39, 0.29) is 28.1 Å². The standard InChI is InChI=1S/C12H9ClF3N3O/c13-10-6-5-7(17)11(19-10)18-8-3-1-2-4-9(8)20-12(14,15)16/h1-6H,17H2,(H,18,19). The first-order valence-corrected chi connectivity index (χ1v) is 5.77. The van der Waals surface area contributed by atoms with Gasteiger partial charge in [0.25, 0.3) is 0 Å². The van der Waals surface area contributed by atoms with Crippen LogP contribution in [0.25, 0.3) is 0 Å². The summed E-state index contributed by atoms with van der Waals surface area (Å²) >= 11 is 5.71. The van der Waals surface area contributed by atoms with E-state index in [1.807, 2.05) is 0 Å². The van der Waals surface area contributed by atoms with Gasteiger partial charge in [-0.1, -0.05) is 23.7 Å². The highest BCUT2D eigenvalue weighted by molar-refractivity contribution is 6.29. The van der Waals surface area contributed by atoms with Crippen molar-refractivity contribution in [1.82, 2.24) is 4.98 Å². The molecule has 1 heterocycles. The highest BCUT2D eigenvalue weighted by Gasteiger charge is 2.32. The molecule has 0 unspecified atom stereocenters. The lowest BCUT2D eigenvalue weighted by Gasteiger charge is -2.15. The van der Waals surface area contributed by atoms with Crippen molar-refractivity contribution < 1.29 is 17.9 Å². The minimum absolute atomic E-state index is 0.0753. The Bertz CT molecular complexity index is 619. The molecule has 106 valence electrons. The van der Waals surface area contributed by atoms with E-state index >= 15 is 0 Å². The van der Waals surface area contributed by atoms with Crippen LogP contribution in [0.15, 0.2) is 36.4 Å². The van der Waals surface area contributed by atoms with Gasteiger partial charge < -0.3 is 15.8 Å². The number of rotatable bonds is 3. The molecule has 0 aliphatic heterocycles. The summed E-state index contributed by atoms with van der Waals surface area (Å²) in [6, 6.07) is 8.51. The molecule has 20 heavy (non-hydrogen) atoms. The number of nitrogens with one attached hydrogen (secondary N) is 1. The van der Waals surface area contributed by atoms with Crippen molar-refractivity contribution in [2.45, 2.75) is 6.36 Å². The number of hydrogen-bond acceptors (Lipinski definition) is 4. The number of halogens is 4. The van der Waals surface area contributed by atoms with Gasteiger partial charge in [0.15, 0.2) is 11.6 Å². The summed E-state index contributed by atoms with van der Waals surface area (Å²) in [5.74, 6) is -0.239. The second kappa shape index (κ2) is 5.46. The first-order valence-electron chi connectivity index (χ1n) is 5.39. The quantitative estimate of drug-likeness (QED) is 0.843. The molecule has 0 amide bonds. The number of hydrogen-bond donors (Lipinski definition) is 2. The van der Waals surface area contributed by atoms with Crippen LogP contribution < -0.4 is 15.8 Å². The van der Waals surface area contributed by atoms with E-state index < -0.39 is 6.36 Å². The lowest BCUT2D eigenvalue weighted by molar-refractivity contribution is -0.274. The number of ether oxygens (including phenoxy) is 1. The van der Waals surface area contributed by atoms with Crippen LogP contribution in [0, 0.1) is 0 Å². The number of nitrogens with zero attached hydrogens (tertiary/aromatic N) is 1. The molecule has 4 nitrogen and oxygen atoms in total. The van der Waals surface area contributed by atoms with Crippen molar-refractivity contribution in [1.29, 1.82) is 0 Å². The van der Waals surface area contributed by atoms with E-state index in [0.717, 1.165) is 0 Å². The second-order valence-corrected chi connectivity index (χ2v) is 4.13. The van der Waals surface area contributed by atoms with E-state index in [0.29, 0.717) is 0 Å². The van der Waals surface area contributed by atoms with E-state index in [1.165, 1.54) is 30.3 Å². The van der Waals surface area contributed by atoms with Gasteiger partial charge in [-0.2, -0.15) is 0 Å². The molecule has 0 fully saturated rings. The Labute approximate surface area is 117 Å². The molecule has 2 rings (SSSR count). The Balaban J connectivity index is 2.32. The van der Waals surface area contributed by atoms with Crippen molar-refractivity contribution >= 4 is 28.8 Å². The zero-order valence-corrected chi connectivity index (χ0v) is 10.7. The SMILES string of the molecule is Nc1ccc(Cl)nc1Nc1ccccc1OC(F)(F)F. The zero-order chi connectivity index (χ0) is 14.8. The molecule has 8 heteroatoms. The highest BCUT2D eigenvalue weighted by atomic mass is 35.5. The number of aromatic nitrogens is 1. The Morgan fingerprint density at radius 2 is 1.85 bits per heavy atom. The number of para-hydroxylation sites is 2. The fraction of sp³-hybridized carbons (Fsp3) is 0.0833. The highest BCUT2D eigenvalue weighted by Crippen LogP contribution is 2.33. The van der Waals surface area contributed by atoms with Crippen LogP contribution in [-0.2, 0) is 0 Å². The fourth-order valence-corrected chi connectivity index (χ4v) is 1.60. The second-order valence-electron chi connectivity index (χ2n) is 3.74. The van der Waals surface area contributed by atoms with Crippen LogP contribution in [0.2, 0.25) is 5.15 Å². The topological polar surface area (TPSA) is 60.2 Å². The summed E-state index contributed by atoms with van der Waals surface area (Å²) in [6.45, 7) is 0. The van der Waals surface area contributed by atoms with Crippen LogP contribution in [0.3, 0.4) is 0 Å². The first kappa shape index (κ1) is 14.3. The maximum absolute atomic E-state index is 12.3. The van der Waals surface area contributed by atoms with Crippen molar-refractivity contribution in [2.75, 3.05) is 11.1 Å². The monoisotopic (exact) mass is 303 g/mol. The number of alkyl halides is 3. The maximum atomic E-state index is 12.3. The van der Waals surface area contributed by atoms with Crippen molar-refractivity contribution in [3.05, 3.63) is 41.6 Å². The molecule has 3 N–H and O–H groups in total. The summed E-state index contributed by atoms with van der Waals surface area (Å²) in [6.07, 6.45) is -4.79. The molecule has 0 aliphatic carbocycles. The average Bonchev–Trinajstić information content (AvgIpc) is 2.34. The van der Waals surface area contributed by atoms with E-state index in [1.54, 1.807) is 6.07 Å². The maximum Gasteiger partial charge on any atom is 0.573 e. The van der Waals surface area contributed by atoms with Crippen LogP contribution in [-0.4, -0.2) is 11.3 Å². The van der Waals surface area contributed by atoms with Crippen LogP contribution in [0.4, 0.5) is 30.4 Å². The molecule has 0 saturated carbocycles. The van der Waals surface area contributed by atoms with E-state index in [4.69, 9.17) is 17.3 Å². The summed E-state index contributed by atoms with van der Waals surface area (Å²) in [5, 5.41) is 2.82. The summed E-state index contributed by atoms with van der Waals surface area (Å²) in [4.78, 5) is 3.90. The van der Waals surface area contributed by atoms with Gasteiger partial charge in [-0.05, 0) is 24.3 Å². The predicted octanol–water partition coefficient (Wildman–Crippen LogP) is 3.96. The Morgan fingerprint density at radius 1 is 1.15 bits per heavy atom. The third kappa shape index (κ3) is 3.67. The van der Waals surface area contributed by atoms with Crippen LogP contribution in [0.1, 0.15) is 0 Å². The molecule has 0 atom stereocenters. The van der Waals surface area contributed by atoms with Crippen LogP contribution in [0.5, 0.6) is 5.75 Å². The normalized spacial score (nSPS) is 11.2. The Morgan fingerprint density at radius 3 is 2.55 bits per heavy atom. The van der Waals surface area contributed by atoms with Crippen molar-refractivity contribution in [3.63, 3.8) is 0 Å². The zero-order valence-electron chi connectivity index (χ0n) is 9.91. The smallest absolute Gasteiger partial charge is 0.404 e. The van der Waals surface area contributed by atoms with Gasteiger partial charge in [0.1, 0.15) is 5.15 Å². The number of anilines is 3. The Hall–Kier alpha value is -2.15. The number of pyridine rings is 1. The molecular formula is C12H9ClF3N3O. The third-order valence-corrected chi connectivity index (χ3v) is 2.47. The van der Waals surface area contributed by atoms with Gasteiger partial charge in [-0.3, -0.25) is 0 Å². The predicted molar refractivity (Wildman–Crippen MR) is 70.1 cm³/mol. The van der Waals surface area contributed by atoms with E-state index in [2.05, 4.69) is 15.0 Å². The van der Waals surface area contributed by atoms with Crippen LogP contribution >= 0.6 is 11.6 Å². The fourth-order valence-electron chi connectivity index (χ4n) is 1.46. The number of benzene rings is 1. The largest absolute Gasteiger partial charge is 0.573 e. The van der Waals surface area contributed by atoms with Gasteiger partial charge >= 0.3 is 6.36 Å². The van der Waals surface area contributed by atoms with Gasteiger partial charge in [-0.15, -0.1) is 13.2 Å². The molecule has 0 radical (unpaired) electrons. The molecule has 2 aromatic rings.